The molecule has 1 aliphatic heterocycles. The number of halogens is 1. The minimum atomic E-state index is -0.734. The summed E-state index contributed by atoms with van der Waals surface area (Å²) in [6.45, 7) is 3.74. The Labute approximate surface area is 105 Å². The summed E-state index contributed by atoms with van der Waals surface area (Å²) in [5, 5.41) is 0. The number of carbonyl (C=O) groups excluding carboxylic acids is 1. The maximum Gasteiger partial charge on any atom is 0.263 e. The van der Waals surface area contributed by atoms with Gasteiger partial charge in [0.1, 0.15) is 0 Å². The molecule has 0 bridgehead atoms. The number of carbonyl (C=O) groups is 1. The van der Waals surface area contributed by atoms with E-state index in [-0.39, 0.29) is 11.7 Å². The average Bonchev–Trinajstić information content (AvgIpc) is 2.41. The Hall–Kier alpha value is -1.69. The summed E-state index contributed by atoms with van der Waals surface area (Å²) < 4.78 is 23.7. The van der Waals surface area contributed by atoms with Gasteiger partial charge in [0.2, 0.25) is 0 Å². The molecule has 0 aromatic carbocycles. The zero-order chi connectivity index (χ0) is 13.0. The lowest BCUT2D eigenvalue weighted by atomic mass is 10.3. The van der Waals surface area contributed by atoms with E-state index in [0.717, 1.165) is 0 Å². The Kier molecular flexibility index (Phi) is 4.09. The zero-order valence-corrected chi connectivity index (χ0v) is 10.1. The largest absolute Gasteiger partial charge is 0.476 e. The summed E-state index contributed by atoms with van der Waals surface area (Å²) in [6.07, 6.45) is 0.596. The zero-order valence-electron chi connectivity index (χ0n) is 10.1. The summed E-state index contributed by atoms with van der Waals surface area (Å²) in [6, 6.07) is 3.01. The van der Waals surface area contributed by atoms with Gasteiger partial charge in [-0.1, -0.05) is 0 Å². The molecular formula is C12H15FN2O3. The Balaban J connectivity index is 1.96. The molecule has 1 saturated heterocycles. The number of amides is 1. The molecule has 18 heavy (non-hydrogen) atoms. The molecule has 1 unspecified atom stereocenters. The number of hydrogen-bond donors (Lipinski definition) is 0. The first-order valence-electron chi connectivity index (χ1n) is 5.82. The Morgan fingerprint density at radius 2 is 2.28 bits per heavy atom. The van der Waals surface area contributed by atoms with Crippen LogP contribution < -0.4 is 4.74 Å². The molecule has 6 heteroatoms. The number of pyridine rings is 1. The smallest absolute Gasteiger partial charge is 0.263 e. The molecular weight excluding hydrogens is 239 g/mol. The number of aromatic nitrogens is 1. The summed E-state index contributed by atoms with van der Waals surface area (Å²) in [5.41, 5.74) is 0. The van der Waals surface area contributed by atoms with Crippen LogP contribution in [0.1, 0.15) is 6.92 Å². The predicted octanol–water partition coefficient (Wildman–Crippen LogP) is 0.847. The molecule has 1 aromatic rings. The number of ether oxygens (including phenoxy) is 2. The van der Waals surface area contributed by atoms with Gasteiger partial charge in [-0.05, 0) is 19.1 Å². The highest BCUT2D eigenvalue weighted by Gasteiger charge is 2.24. The molecule has 0 N–H and O–H groups in total. The van der Waals surface area contributed by atoms with Crippen LogP contribution in [0.15, 0.2) is 18.3 Å². The monoisotopic (exact) mass is 254 g/mol. The van der Waals surface area contributed by atoms with Crippen LogP contribution in [0.2, 0.25) is 0 Å². The van der Waals surface area contributed by atoms with Gasteiger partial charge in [-0.3, -0.25) is 4.79 Å². The van der Waals surface area contributed by atoms with Gasteiger partial charge in [-0.25, -0.2) is 4.98 Å². The SMILES string of the molecule is CC(Oc1cccnc1F)C(=O)N1CCOCC1. The van der Waals surface area contributed by atoms with E-state index in [2.05, 4.69) is 4.98 Å². The van der Waals surface area contributed by atoms with Gasteiger partial charge >= 0.3 is 0 Å². The van der Waals surface area contributed by atoms with Crippen LogP contribution in [0.4, 0.5) is 4.39 Å². The lowest BCUT2D eigenvalue weighted by Crippen LogP contribution is -2.46. The van der Waals surface area contributed by atoms with Crippen molar-refractivity contribution in [1.82, 2.24) is 9.88 Å². The normalized spacial score (nSPS) is 17.3. The van der Waals surface area contributed by atoms with Crippen LogP contribution in [-0.4, -0.2) is 48.2 Å². The second-order valence-electron chi connectivity index (χ2n) is 3.99. The van der Waals surface area contributed by atoms with Gasteiger partial charge in [0, 0.05) is 19.3 Å². The van der Waals surface area contributed by atoms with Crippen LogP contribution in [-0.2, 0) is 9.53 Å². The molecule has 5 nitrogen and oxygen atoms in total. The van der Waals surface area contributed by atoms with Gasteiger partial charge in [0.15, 0.2) is 11.9 Å². The van der Waals surface area contributed by atoms with Crippen molar-refractivity contribution in [3.05, 3.63) is 24.3 Å². The predicted molar refractivity (Wildman–Crippen MR) is 61.7 cm³/mol. The molecule has 0 spiro atoms. The van der Waals surface area contributed by atoms with E-state index in [1.807, 2.05) is 0 Å². The molecule has 0 radical (unpaired) electrons. The Morgan fingerprint density at radius 1 is 1.56 bits per heavy atom. The van der Waals surface area contributed by atoms with Gasteiger partial charge in [0.25, 0.3) is 11.9 Å². The van der Waals surface area contributed by atoms with E-state index in [1.54, 1.807) is 17.9 Å². The first-order chi connectivity index (χ1) is 8.68. The van der Waals surface area contributed by atoms with Gasteiger partial charge in [-0.15, -0.1) is 0 Å². The fraction of sp³-hybridized carbons (Fsp3) is 0.500. The van der Waals surface area contributed by atoms with Crippen molar-refractivity contribution >= 4 is 5.91 Å². The molecule has 2 heterocycles. The van der Waals surface area contributed by atoms with E-state index in [4.69, 9.17) is 9.47 Å². The molecule has 1 amide bonds. The summed E-state index contributed by atoms with van der Waals surface area (Å²) in [5.74, 6) is -0.882. The third-order valence-corrected chi connectivity index (χ3v) is 2.70. The van der Waals surface area contributed by atoms with Crippen molar-refractivity contribution in [2.45, 2.75) is 13.0 Å². The first-order valence-corrected chi connectivity index (χ1v) is 5.82. The van der Waals surface area contributed by atoms with Crippen molar-refractivity contribution in [2.24, 2.45) is 0 Å². The first kappa shape index (κ1) is 12.8. The molecule has 1 atom stereocenters. The molecule has 98 valence electrons. The number of hydrogen-bond acceptors (Lipinski definition) is 4. The molecule has 1 fully saturated rings. The summed E-state index contributed by atoms with van der Waals surface area (Å²) in [7, 11) is 0. The van der Waals surface area contributed by atoms with E-state index < -0.39 is 12.1 Å². The average molecular weight is 254 g/mol. The van der Waals surface area contributed by atoms with Crippen LogP contribution in [0.5, 0.6) is 5.75 Å². The van der Waals surface area contributed by atoms with Crippen molar-refractivity contribution in [3.63, 3.8) is 0 Å². The minimum Gasteiger partial charge on any atom is -0.476 e. The summed E-state index contributed by atoms with van der Waals surface area (Å²) in [4.78, 5) is 17.1. The highest BCUT2D eigenvalue weighted by Crippen LogP contribution is 2.15. The van der Waals surface area contributed by atoms with Gasteiger partial charge in [0.05, 0.1) is 13.2 Å². The van der Waals surface area contributed by atoms with E-state index in [9.17, 15) is 9.18 Å². The van der Waals surface area contributed by atoms with E-state index >= 15 is 0 Å². The Bertz CT molecular complexity index is 422. The highest BCUT2D eigenvalue weighted by atomic mass is 19.1. The van der Waals surface area contributed by atoms with E-state index in [0.29, 0.717) is 26.3 Å². The molecule has 0 aliphatic carbocycles. The van der Waals surface area contributed by atoms with Gasteiger partial charge < -0.3 is 14.4 Å². The third kappa shape index (κ3) is 2.95. The number of rotatable bonds is 3. The van der Waals surface area contributed by atoms with Crippen LogP contribution in [0.3, 0.4) is 0 Å². The standard InChI is InChI=1S/C12H15FN2O3/c1-9(12(16)15-5-7-17-8-6-15)18-10-3-2-4-14-11(10)13/h2-4,9H,5-8H2,1H3. The Morgan fingerprint density at radius 3 is 2.94 bits per heavy atom. The van der Waals surface area contributed by atoms with Crippen molar-refractivity contribution in [1.29, 1.82) is 0 Å². The number of morpholine rings is 1. The lowest BCUT2D eigenvalue weighted by Gasteiger charge is -2.29. The number of nitrogens with zero attached hydrogens (tertiary/aromatic N) is 2. The third-order valence-electron chi connectivity index (χ3n) is 2.70. The topological polar surface area (TPSA) is 51.7 Å². The maximum absolute atomic E-state index is 13.3. The lowest BCUT2D eigenvalue weighted by molar-refractivity contribution is -0.142. The van der Waals surface area contributed by atoms with Crippen LogP contribution in [0.25, 0.3) is 0 Å². The minimum absolute atomic E-state index is 0.00777. The van der Waals surface area contributed by atoms with Crippen LogP contribution in [0, 0.1) is 5.95 Å². The fourth-order valence-electron chi connectivity index (χ4n) is 1.74. The van der Waals surface area contributed by atoms with Crippen LogP contribution >= 0.6 is 0 Å². The molecule has 1 aliphatic rings. The molecule has 1 aromatic heterocycles. The second kappa shape index (κ2) is 5.77. The van der Waals surface area contributed by atoms with Crippen molar-refractivity contribution < 1.29 is 18.7 Å². The van der Waals surface area contributed by atoms with Gasteiger partial charge in [-0.2, -0.15) is 4.39 Å². The fourth-order valence-corrected chi connectivity index (χ4v) is 1.74. The van der Waals surface area contributed by atoms with E-state index in [1.165, 1.54) is 12.3 Å². The molecule has 2 rings (SSSR count). The molecule has 0 saturated carbocycles. The highest BCUT2D eigenvalue weighted by molar-refractivity contribution is 5.81. The van der Waals surface area contributed by atoms with Crippen molar-refractivity contribution in [3.8, 4) is 5.75 Å². The quantitative estimate of drug-likeness (QED) is 0.750. The maximum atomic E-state index is 13.3. The second-order valence-corrected chi connectivity index (χ2v) is 3.99. The summed E-state index contributed by atoms with van der Waals surface area (Å²) >= 11 is 0. The van der Waals surface area contributed by atoms with Crippen molar-refractivity contribution in [2.75, 3.05) is 26.3 Å².